The highest BCUT2D eigenvalue weighted by Gasteiger charge is 2.27. The molecule has 0 radical (unpaired) electrons. The molecule has 0 saturated carbocycles. The molecule has 0 spiro atoms. The Kier molecular flexibility index (Phi) is 3.59. The number of ketones is 1. The number of carbonyl (C=O) groups is 1. The number of Topliss-reactive ketones (excluding diaryl/α,β-unsaturated/α-hetero) is 1. The molecule has 0 aromatic heterocycles. The molecule has 0 amide bonds. The van der Waals surface area contributed by atoms with Crippen LogP contribution in [-0.4, -0.2) is 41.8 Å². The van der Waals surface area contributed by atoms with Crippen LogP contribution in [0.5, 0.6) is 0 Å². The Bertz CT molecular complexity index is 170. The van der Waals surface area contributed by atoms with E-state index in [9.17, 15) is 4.79 Å². The van der Waals surface area contributed by atoms with E-state index in [1.807, 2.05) is 32.7 Å². The molecule has 70 valence electrons. The summed E-state index contributed by atoms with van der Waals surface area (Å²) in [4.78, 5) is 13.8. The van der Waals surface area contributed by atoms with E-state index < -0.39 is 0 Å². The van der Waals surface area contributed by atoms with Crippen molar-refractivity contribution in [2.75, 3.05) is 25.1 Å². The number of nitrogens with zero attached hydrogens (tertiary/aromatic N) is 1. The molecule has 0 aromatic carbocycles. The fourth-order valence-electron chi connectivity index (χ4n) is 1.37. The van der Waals surface area contributed by atoms with E-state index in [0.717, 1.165) is 12.3 Å². The molecule has 1 aliphatic rings. The van der Waals surface area contributed by atoms with E-state index in [1.165, 1.54) is 5.75 Å². The lowest BCUT2D eigenvalue weighted by Crippen LogP contribution is -2.46. The van der Waals surface area contributed by atoms with E-state index in [4.69, 9.17) is 0 Å². The van der Waals surface area contributed by atoms with Gasteiger partial charge in [0.05, 0.1) is 6.04 Å². The molecule has 1 atom stereocenters. The second-order valence-corrected chi connectivity index (χ2v) is 4.78. The summed E-state index contributed by atoms with van der Waals surface area (Å²) in [6, 6.07) is 0.170. The van der Waals surface area contributed by atoms with Gasteiger partial charge in [0.25, 0.3) is 0 Å². The average Bonchev–Trinajstić information content (AvgIpc) is 2.04. The van der Waals surface area contributed by atoms with Gasteiger partial charge in [-0.05, 0) is 7.05 Å². The van der Waals surface area contributed by atoms with Gasteiger partial charge in [-0.25, -0.2) is 0 Å². The molecule has 0 aliphatic carbocycles. The van der Waals surface area contributed by atoms with Crippen molar-refractivity contribution in [2.24, 2.45) is 5.92 Å². The number of likely N-dealkylation sites (N-methyl/N-ethyl adjacent to an activating group) is 1. The van der Waals surface area contributed by atoms with Crippen LogP contribution < -0.4 is 0 Å². The zero-order valence-electron chi connectivity index (χ0n) is 8.04. The molecular weight excluding hydrogens is 170 g/mol. The highest BCUT2D eigenvalue weighted by atomic mass is 32.2. The highest BCUT2D eigenvalue weighted by Crippen LogP contribution is 2.17. The van der Waals surface area contributed by atoms with Gasteiger partial charge in [-0.2, -0.15) is 11.8 Å². The second-order valence-electron chi connectivity index (χ2n) is 3.63. The third-order valence-electron chi connectivity index (χ3n) is 2.29. The first-order chi connectivity index (χ1) is 5.63. The molecule has 0 aromatic rings. The zero-order valence-corrected chi connectivity index (χ0v) is 8.86. The zero-order chi connectivity index (χ0) is 9.14. The Morgan fingerprint density at radius 2 is 2.25 bits per heavy atom. The third-order valence-corrected chi connectivity index (χ3v) is 3.32. The van der Waals surface area contributed by atoms with Gasteiger partial charge in [0.1, 0.15) is 0 Å². The van der Waals surface area contributed by atoms with Crippen molar-refractivity contribution in [3.05, 3.63) is 0 Å². The Hall–Kier alpha value is -0.0200. The minimum absolute atomic E-state index is 0.170. The minimum Gasteiger partial charge on any atom is -0.298 e. The van der Waals surface area contributed by atoms with Crippen LogP contribution in [0.25, 0.3) is 0 Å². The molecule has 1 unspecified atom stereocenters. The van der Waals surface area contributed by atoms with Gasteiger partial charge in [0, 0.05) is 24.0 Å². The average molecular weight is 187 g/mol. The number of carbonyl (C=O) groups excluding carboxylic acids is 1. The molecule has 1 fully saturated rings. The molecule has 0 bridgehead atoms. The Labute approximate surface area is 78.7 Å². The predicted octanol–water partition coefficient (Wildman–Crippen LogP) is 1.26. The van der Waals surface area contributed by atoms with E-state index in [0.29, 0.717) is 5.78 Å². The molecule has 3 heteroatoms. The number of thioether (sulfide) groups is 1. The van der Waals surface area contributed by atoms with Gasteiger partial charge in [-0.1, -0.05) is 13.8 Å². The fourth-order valence-corrected chi connectivity index (χ4v) is 2.60. The number of hydrogen-bond acceptors (Lipinski definition) is 3. The van der Waals surface area contributed by atoms with Gasteiger partial charge in [0.15, 0.2) is 5.78 Å². The van der Waals surface area contributed by atoms with Gasteiger partial charge in [0.2, 0.25) is 0 Å². The summed E-state index contributed by atoms with van der Waals surface area (Å²) in [5.41, 5.74) is 0. The molecule has 12 heavy (non-hydrogen) atoms. The lowest BCUT2D eigenvalue weighted by molar-refractivity contribution is -0.126. The molecule has 0 N–H and O–H groups in total. The lowest BCUT2D eigenvalue weighted by Gasteiger charge is -2.31. The van der Waals surface area contributed by atoms with Crippen molar-refractivity contribution in [3.8, 4) is 0 Å². The minimum atomic E-state index is 0.170. The first-order valence-corrected chi connectivity index (χ1v) is 5.60. The number of hydrogen-bond donors (Lipinski definition) is 0. The summed E-state index contributed by atoms with van der Waals surface area (Å²) >= 11 is 1.89. The first kappa shape index (κ1) is 10.1. The molecular formula is C9H17NOS. The molecule has 2 nitrogen and oxygen atoms in total. The van der Waals surface area contributed by atoms with Gasteiger partial charge in [-0.15, -0.1) is 0 Å². The van der Waals surface area contributed by atoms with Crippen LogP contribution in [0.3, 0.4) is 0 Å². The summed E-state index contributed by atoms with van der Waals surface area (Å²) in [5.74, 6) is 2.71. The SMILES string of the molecule is CC(C)C(=O)C1CSCCN1C. The van der Waals surface area contributed by atoms with Crippen molar-refractivity contribution in [1.82, 2.24) is 4.90 Å². The standard InChI is InChI=1S/C9H17NOS/c1-7(2)9(11)8-6-12-5-4-10(8)3/h7-8H,4-6H2,1-3H3. The summed E-state index contributed by atoms with van der Waals surface area (Å²) in [6.45, 7) is 5.01. The van der Waals surface area contributed by atoms with Gasteiger partial charge >= 0.3 is 0 Å². The van der Waals surface area contributed by atoms with Crippen LogP contribution >= 0.6 is 11.8 Å². The van der Waals surface area contributed by atoms with E-state index in [2.05, 4.69) is 4.90 Å². The monoisotopic (exact) mass is 187 g/mol. The van der Waals surface area contributed by atoms with Crippen LogP contribution in [0.4, 0.5) is 0 Å². The third kappa shape index (κ3) is 2.23. The molecule has 1 heterocycles. The van der Waals surface area contributed by atoms with Crippen molar-refractivity contribution in [1.29, 1.82) is 0 Å². The topological polar surface area (TPSA) is 20.3 Å². The summed E-state index contributed by atoms with van der Waals surface area (Å²) in [7, 11) is 2.05. The predicted molar refractivity (Wildman–Crippen MR) is 53.6 cm³/mol. The molecule has 1 rings (SSSR count). The van der Waals surface area contributed by atoms with E-state index in [-0.39, 0.29) is 12.0 Å². The Morgan fingerprint density at radius 1 is 1.58 bits per heavy atom. The summed E-state index contributed by atoms with van der Waals surface area (Å²) in [5, 5.41) is 0. The van der Waals surface area contributed by atoms with Crippen LogP contribution in [-0.2, 0) is 4.79 Å². The van der Waals surface area contributed by atoms with Gasteiger partial charge < -0.3 is 0 Å². The maximum Gasteiger partial charge on any atom is 0.153 e. The van der Waals surface area contributed by atoms with Crippen molar-refractivity contribution in [3.63, 3.8) is 0 Å². The highest BCUT2D eigenvalue weighted by molar-refractivity contribution is 7.99. The Morgan fingerprint density at radius 3 is 2.75 bits per heavy atom. The van der Waals surface area contributed by atoms with Crippen molar-refractivity contribution in [2.45, 2.75) is 19.9 Å². The summed E-state index contributed by atoms with van der Waals surface area (Å²) in [6.07, 6.45) is 0. The second kappa shape index (κ2) is 4.28. The van der Waals surface area contributed by atoms with Crippen LogP contribution in [0.15, 0.2) is 0 Å². The Balaban J connectivity index is 2.53. The van der Waals surface area contributed by atoms with Crippen LogP contribution in [0, 0.1) is 5.92 Å². The largest absolute Gasteiger partial charge is 0.298 e. The van der Waals surface area contributed by atoms with Crippen LogP contribution in [0.2, 0.25) is 0 Å². The smallest absolute Gasteiger partial charge is 0.153 e. The fraction of sp³-hybridized carbons (Fsp3) is 0.889. The quantitative estimate of drug-likeness (QED) is 0.649. The van der Waals surface area contributed by atoms with Crippen LogP contribution in [0.1, 0.15) is 13.8 Å². The van der Waals surface area contributed by atoms with E-state index in [1.54, 1.807) is 0 Å². The number of rotatable bonds is 2. The molecule has 1 aliphatic heterocycles. The normalized spacial score (nSPS) is 26.2. The lowest BCUT2D eigenvalue weighted by atomic mass is 10.0. The maximum absolute atomic E-state index is 11.7. The van der Waals surface area contributed by atoms with Gasteiger partial charge in [-0.3, -0.25) is 9.69 Å². The van der Waals surface area contributed by atoms with E-state index >= 15 is 0 Å². The molecule has 1 saturated heterocycles. The maximum atomic E-state index is 11.7. The summed E-state index contributed by atoms with van der Waals surface area (Å²) < 4.78 is 0. The van der Waals surface area contributed by atoms with Crippen molar-refractivity contribution >= 4 is 17.5 Å². The van der Waals surface area contributed by atoms with Crippen molar-refractivity contribution < 1.29 is 4.79 Å². The first-order valence-electron chi connectivity index (χ1n) is 4.44.